The molecule has 2 rings (SSSR count). The molecule has 1 fully saturated rings. The fraction of sp³-hybridized carbons (Fsp3) is 0.500. The van der Waals surface area contributed by atoms with Gasteiger partial charge in [0, 0.05) is 30.7 Å². The molecule has 1 aromatic rings. The number of carbonyl (C=O) groups excluding carboxylic acids is 1. The number of amides is 1. The van der Waals surface area contributed by atoms with E-state index in [4.69, 9.17) is 0 Å². The van der Waals surface area contributed by atoms with Crippen molar-refractivity contribution in [3.05, 3.63) is 28.7 Å². The average Bonchev–Trinajstić information content (AvgIpc) is 2.40. The fourth-order valence-electron chi connectivity index (χ4n) is 2.47. The van der Waals surface area contributed by atoms with Gasteiger partial charge in [0.2, 0.25) is 5.91 Å². The number of carbonyl (C=O) groups is 1. The maximum atomic E-state index is 12.4. The normalized spacial score (nSPS) is 23.9. The van der Waals surface area contributed by atoms with Crippen molar-refractivity contribution in [1.29, 1.82) is 0 Å². The number of para-hydroxylation sites is 1. The first kappa shape index (κ1) is 14.3. The van der Waals surface area contributed by atoms with E-state index < -0.39 is 0 Å². The number of aliphatic hydroxyl groups is 1. The molecule has 0 aromatic heterocycles. The van der Waals surface area contributed by atoms with E-state index in [0.717, 1.165) is 16.7 Å². The molecule has 0 radical (unpaired) electrons. The van der Waals surface area contributed by atoms with E-state index in [1.807, 2.05) is 38.2 Å². The molecule has 5 heteroatoms. The lowest BCUT2D eigenvalue weighted by atomic mass is 10.0. The first-order valence-electron chi connectivity index (χ1n) is 6.45. The van der Waals surface area contributed by atoms with Gasteiger partial charge in [0.05, 0.1) is 5.69 Å². The Kier molecular flexibility index (Phi) is 4.47. The van der Waals surface area contributed by atoms with Gasteiger partial charge in [-0.2, -0.15) is 0 Å². The zero-order chi connectivity index (χ0) is 14.0. The Morgan fingerprint density at radius 3 is 2.74 bits per heavy atom. The van der Waals surface area contributed by atoms with Crippen LogP contribution < -0.4 is 4.90 Å². The molecular weight excluding hydrogens is 308 g/mol. The topological polar surface area (TPSA) is 43.8 Å². The van der Waals surface area contributed by atoms with Gasteiger partial charge in [-0.15, -0.1) is 0 Å². The van der Waals surface area contributed by atoms with E-state index in [2.05, 4.69) is 20.8 Å². The van der Waals surface area contributed by atoms with Gasteiger partial charge in [-0.3, -0.25) is 4.79 Å². The Balaban J connectivity index is 2.36. The van der Waals surface area contributed by atoms with Crippen LogP contribution in [0.1, 0.15) is 13.3 Å². The minimum absolute atomic E-state index is 0.0135. The largest absolute Gasteiger partial charge is 0.396 e. The van der Waals surface area contributed by atoms with Crippen molar-refractivity contribution in [2.24, 2.45) is 0 Å². The molecule has 1 heterocycles. The Morgan fingerprint density at radius 2 is 2.11 bits per heavy atom. The van der Waals surface area contributed by atoms with Gasteiger partial charge in [-0.25, -0.2) is 0 Å². The maximum Gasteiger partial charge on any atom is 0.245 e. The number of nitrogens with zero attached hydrogens (tertiary/aromatic N) is 2. The van der Waals surface area contributed by atoms with E-state index in [1.165, 1.54) is 0 Å². The highest BCUT2D eigenvalue weighted by atomic mass is 79.9. The summed E-state index contributed by atoms with van der Waals surface area (Å²) in [5, 5.41) is 9.21. The number of hydrogen-bond acceptors (Lipinski definition) is 3. The van der Waals surface area contributed by atoms with E-state index >= 15 is 0 Å². The standard InChI is InChI=1S/C14H19BrN2O2/c1-10-9-17(12-6-4-3-5-11(12)15)13(7-8-18)14(19)16(10)2/h3-6,10,13,18H,7-9H2,1-2H3. The average molecular weight is 327 g/mol. The summed E-state index contributed by atoms with van der Waals surface area (Å²) < 4.78 is 0.975. The van der Waals surface area contributed by atoms with Crippen molar-refractivity contribution in [2.45, 2.75) is 25.4 Å². The SMILES string of the molecule is CC1CN(c2ccccc2Br)C(CCO)C(=O)N1C. The molecule has 0 spiro atoms. The van der Waals surface area contributed by atoms with Crippen LogP contribution in [0.3, 0.4) is 0 Å². The van der Waals surface area contributed by atoms with E-state index in [9.17, 15) is 9.90 Å². The predicted octanol–water partition coefficient (Wildman–Crippen LogP) is 1.87. The summed E-state index contributed by atoms with van der Waals surface area (Å²) in [6.45, 7) is 2.83. The molecule has 1 saturated heterocycles. The number of piperazine rings is 1. The van der Waals surface area contributed by atoms with Gasteiger partial charge in [0.15, 0.2) is 0 Å². The maximum absolute atomic E-state index is 12.4. The van der Waals surface area contributed by atoms with Crippen molar-refractivity contribution in [3.8, 4) is 0 Å². The van der Waals surface area contributed by atoms with Gasteiger partial charge in [0.25, 0.3) is 0 Å². The van der Waals surface area contributed by atoms with Crippen molar-refractivity contribution >= 4 is 27.5 Å². The summed E-state index contributed by atoms with van der Waals surface area (Å²) in [4.78, 5) is 16.2. The minimum atomic E-state index is -0.287. The molecule has 1 N–H and O–H groups in total. The highest BCUT2D eigenvalue weighted by Gasteiger charge is 2.36. The second-order valence-electron chi connectivity index (χ2n) is 4.93. The van der Waals surface area contributed by atoms with Gasteiger partial charge < -0.3 is 14.9 Å². The highest BCUT2D eigenvalue weighted by molar-refractivity contribution is 9.10. The molecule has 4 nitrogen and oxygen atoms in total. The highest BCUT2D eigenvalue weighted by Crippen LogP contribution is 2.31. The first-order valence-corrected chi connectivity index (χ1v) is 7.24. The van der Waals surface area contributed by atoms with Crippen LogP contribution in [0.15, 0.2) is 28.7 Å². The third-order valence-corrected chi connectivity index (χ3v) is 4.37. The molecule has 1 amide bonds. The van der Waals surface area contributed by atoms with Crippen LogP contribution in [-0.4, -0.2) is 48.2 Å². The predicted molar refractivity (Wildman–Crippen MR) is 79.2 cm³/mol. The molecule has 0 bridgehead atoms. The second-order valence-corrected chi connectivity index (χ2v) is 5.78. The summed E-state index contributed by atoms with van der Waals surface area (Å²) in [7, 11) is 1.83. The van der Waals surface area contributed by atoms with Gasteiger partial charge in [0.1, 0.15) is 6.04 Å². The summed E-state index contributed by atoms with van der Waals surface area (Å²) >= 11 is 3.54. The summed E-state index contributed by atoms with van der Waals surface area (Å²) in [6, 6.07) is 7.76. The molecule has 0 saturated carbocycles. The number of benzene rings is 1. The molecule has 1 aliphatic rings. The molecule has 1 aromatic carbocycles. The quantitative estimate of drug-likeness (QED) is 0.922. The number of likely N-dealkylation sites (N-methyl/N-ethyl adjacent to an activating group) is 1. The minimum Gasteiger partial charge on any atom is -0.396 e. The first-order chi connectivity index (χ1) is 9.06. The molecule has 19 heavy (non-hydrogen) atoms. The Bertz CT molecular complexity index is 467. The van der Waals surface area contributed by atoms with Gasteiger partial charge >= 0.3 is 0 Å². The lowest BCUT2D eigenvalue weighted by Gasteiger charge is -2.44. The van der Waals surface area contributed by atoms with Crippen LogP contribution in [0.4, 0.5) is 5.69 Å². The molecule has 0 aliphatic carbocycles. The molecule has 2 unspecified atom stereocenters. The Hall–Kier alpha value is -1.07. The lowest BCUT2D eigenvalue weighted by molar-refractivity contribution is -0.135. The summed E-state index contributed by atoms with van der Waals surface area (Å²) in [5.74, 6) is 0.0727. The lowest BCUT2D eigenvalue weighted by Crippen LogP contribution is -2.60. The van der Waals surface area contributed by atoms with Crippen molar-refractivity contribution in [3.63, 3.8) is 0 Å². The van der Waals surface area contributed by atoms with Crippen LogP contribution in [0.25, 0.3) is 0 Å². The van der Waals surface area contributed by atoms with Crippen molar-refractivity contribution in [2.75, 3.05) is 25.1 Å². The summed E-state index contributed by atoms with van der Waals surface area (Å²) in [6.07, 6.45) is 0.456. The smallest absolute Gasteiger partial charge is 0.245 e. The molecule has 2 atom stereocenters. The van der Waals surface area contributed by atoms with E-state index in [1.54, 1.807) is 4.90 Å². The number of halogens is 1. The molecule has 1 aliphatic heterocycles. The number of aliphatic hydroxyl groups excluding tert-OH is 1. The third-order valence-electron chi connectivity index (χ3n) is 3.70. The number of hydrogen-bond donors (Lipinski definition) is 1. The van der Waals surface area contributed by atoms with Crippen LogP contribution in [-0.2, 0) is 4.79 Å². The van der Waals surface area contributed by atoms with Gasteiger partial charge in [-0.1, -0.05) is 12.1 Å². The van der Waals surface area contributed by atoms with Crippen LogP contribution in [0, 0.1) is 0 Å². The fourth-order valence-corrected chi connectivity index (χ4v) is 2.98. The monoisotopic (exact) mass is 326 g/mol. The zero-order valence-corrected chi connectivity index (χ0v) is 12.8. The Morgan fingerprint density at radius 1 is 1.42 bits per heavy atom. The Labute approximate surface area is 122 Å². The molecular formula is C14H19BrN2O2. The molecule has 104 valence electrons. The van der Waals surface area contributed by atoms with Crippen LogP contribution in [0.2, 0.25) is 0 Å². The van der Waals surface area contributed by atoms with E-state index in [-0.39, 0.29) is 24.6 Å². The van der Waals surface area contributed by atoms with Crippen LogP contribution >= 0.6 is 15.9 Å². The number of anilines is 1. The third kappa shape index (κ3) is 2.77. The summed E-state index contributed by atoms with van der Waals surface area (Å²) in [5.41, 5.74) is 1.01. The second kappa shape index (κ2) is 5.92. The number of rotatable bonds is 3. The van der Waals surface area contributed by atoms with Crippen molar-refractivity contribution < 1.29 is 9.90 Å². The van der Waals surface area contributed by atoms with Crippen LogP contribution in [0.5, 0.6) is 0 Å². The van der Waals surface area contributed by atoms with Gasteiger partial charge in [-0.05, 0) is 41.4 Å². The zero-order valence-electron chi connectivity index (χ0n) is 11.2. The van der Waals surface area contributed by atoms with E-state index in [0.29, 0.717) is 6.42 Å². The van der Waals surface area contributed by atoms with Crippen molar-refractivity contribution in [1.82, 2.24) is 4.90 Å².